The van der Waals surface area contributed by atoms with Crippen LogP contribution in [0.15, 0.2) is 24.3 Å². The number of methoxy groups -OCH3 is 1. The molecule has 0 aromatic heterocycles. The normalized spacial score (nSPS) is 11.2. The molecule has 0 radical (unpaired) electrons. The van der Waals surface area contributed by atoms with E-state index in [0.29, 0.717) is 6.54 Å². The van der Waals surface area contributed by atoms with Gasteiger partial charge in [0.25, 0.3) is 0 Å². The molecule has 1 amide bonds. The van der Waals surface area contributed by atoms with Crippen molar-refractivity contribution in [2.45, 2.75) is 19.5 Å². The van der Waals surface area contributed by atoms with Crippen molar-refractivity contribution in [3.05, 3.63) is 29.8 Å². The Hall–Kier alpha value is -1.26. The number of hydrogen-bond acceptors (Lipinski definition) is 3. The molecular formula is C11H17ClN2O2. The van der Waals surface area contributed by atoms with Gasteiger partial charge in [-0.3, -0.25) is 4.79 Å². The summed E-state index contributed by atoms with van der Waals surface area (Å²) in [5, 5.41) is 2.73. The topological polar surface area (TPSA) is 64.3 Å². The number of nitrogens with one attached hydrogen (secondary N) is 1. The molecule has 90 valence electrons. The molecule has 0 aliphatic carbocycles. The van der Waals surface area contributed by atoms with Crippen LogP contribution < -0.4 is 15.8 Å². The third-order valence-electron chi connectivity index (χ3n) is 2.01. The van der Waals surface area contributed by atoms with E-state index in [2.05, 4.69) is 5.32 Å². The minimum atomic E-state index is -0.476. The summed E-state index contributed by atoms with van der Waals surface area (Å²) in [5.41, 5.74) is 6.41. The summed E-state index contributed by atoms with van der Waals surface area (Å²) in [6, 6.07) is 7.06. The summed E-state index contributed by atoms with van der Waals surface area (Å²) in [4.78, 5) is 11.2. The van der Waals surface area contributed by atoms with Gasteiger partial charge in [0.1, 0.15) is 5.75 Å². The molecule has 1 atom stereocenters. The minimum absolute atomic E-state index is 0. The van der Waals surface area contributed by atoms with E-state index in [1.807, 2.05) is 24.3 Å². The molecule has 16 heavy (non-hydrogen) atoms. The van der Waals surface area contributed by atoms with E-state index in [1.54, 1.807) is 14.0 Å². The van der Waals surface area contributed by atoms with Gasteiger partial charge in [0.15, 0.2) is 0 Å². The van der Waals surface area contributed by atoms with Crippen LogP contribution in [0.5, 0.6) is 5.75 Å². The molecule has 0 unspecified atom stereocenters. The zero-order valence-electron chi connectivity index (χ0n) is 9.40. The molecule has 4 nitrogen and oxygen atoms in total. The van der Waals surface area contributed by atoms with Gasteiger partial charge in [0, 0.05) is 6.54 Å². The zero-order valence-corrected chi connectivity index (χ0v) is 10.2. The Morgan fingerprint density at radius 2 is 2.25 bits per heavy atom. The first-order chi connectivity index (χ1) is 7.13. The molecule has 0 spiro atoms. The van der Waals surface area contributed by atoms with E-state index in [-0.39, 0.29) is 18.3 Å². The largest absolute Gasteiger partial charge is 0.497 e. The summed E-state index contributed by atoms with van der Waals surface area (Å²) in [7, 11) is 1.61. The van der Waals surface area contributed by atoms with Crippen molar-refractivity contribution < 1.29 is 9.53 Å². The fourth-order valence-electron chi connectivity index (χ4n) is 1.13. The van der Waals surface area contributed by atoms with Gasteiger partial charge in [-0.25, -0.2) is 0 Å². The quantitative estimate of drug-likeness (QED) is 0.833. The second-order valence-electron chi connectivity index (χ2n) is 3.36. The van der Waals surface area contributed by atoms with Crippen molar-refractivity contribution in [3.63, 3.8) is 0 Å². The van der Waals surface area contributed by atoms with E-state index in [4.69, 9.17) is 10.5 Å². The van der Waals surface area contributed by atoms with Gasteiger partial charge in [0.05, 0.1) is 13.2 Å². The predicted octanol–water partition coefficient (Wildman–Crippen LogP) is 1.08. The number of halogens is 1. The van der Waals surface area contributed by atoms with Gasteiger partial charge in [-0.05, 0) is 24.6 Å². The van der Waals surface area contributed by atoms with Crippen molar-refractivity contribution in [2.75, 3.05) is 7.11 Å². The Bertz CT molecular complexity index is 343. The Labute approximate surface area is 102 Å². The highest BCUT2D eigenvalue weighted by Crippen LogP contribution is 2.11. The Morgan fingerprint density at radius 3 is 2.81 bits per heavy atom. The zero-order chi connectivity index (χ0) is 11.3. The standard InChI is InChI=1S/C11H16N2O2.ClH/c1-8(12)11(14)13-7-9-4-3-5-10(6-9)15-2;/h3-6,8H,7,12H2,1-2H3,(H,13,14);1H/t8-;/m1./s1. The number of hydrogen-bond donors (Lipinski definition) is 2. The van der Waals surface area contributed by atoms with Gasteiger partial charge < -0.3 is 15.8 Å². The lowest BCUT2D eigenvalue weighted by Gasteiger charge is -2.08. The van der Waals surface area contributed by atoms with Gasteiger partial charge in [-0.1, -0.05) is 12.1 Å². The van der Waals surface area contributed by atoms with Crippen LogP contribution >= 0.6 is 12.4 Å². The maximum absolute atomic E-state index is 11.2. The number of ether oxygens (including phenoxy) is 1. The predicted molar refractivity (Wildman–Crippen MR) is 65.7 cm³/mol. The molecule has 0 bridgehead atoms. The molecular weight excluding hydrogens is 228 g/mol. The summed E-state index contributed by atoms with van der Waals surface area (Å²) < 4.78 is 5.07. The molecule has 0 aliphatic heterocycles. The first-order valence-electron chi connectivity index (χ1n) is 4.79. The monoisotopic (exact) mass is 244 g/mol. The first kappa shape index (κ1) is 14.7. The van der Waals surface area contributed by atoms with Crippen LogP contribution in [0.4, 0.5) is 0 Å². The highest BCUT2D eigenvalue weighted by Gasteiger charge is 2.06. The molecule has 0 saturated carbocycles. The van der Waals surface area contributed by atoms with Gasteiger partial charge in [-0.15, -0.1) is 12.4 Å². The van der Waals surface area contributed by atoms with Crippen LogP contribution in [0.1, 0.15) is 12.5 Å². The van der Waals surface area contributed by atoms with Crippen molar-refractivity contribution in [1.29, 1.82) is 0 Å². The Morgan fingerprint density at radius 1 is 1.56 bits per heavy atom. The fourth-order valence-corrected chi connectivity index (χ4v) is 1.13. The Balaban J connectivity index is 0.00000225. The maximum Gasteiger partial charge on any atom is 0.236 e. The molecule has 1 aromatic carbocycles. The van der Waals surface area contributed by atoms with Gasteiger partial charge >= 0.3 is 0 Å². The lowest BCUT2D eigenvalue weighted by molar-refractivity contribution is -0.122. The highest BCUT2D eigenvalue weighted by atomic mass is 35.5. The van der Waals surface area contributed by atoms with Crippen LogP contribution in [-0.2, 0) is 11.3 Å². The number of nitrogens with two attached hydrogens (primary N) is 1. The van der Waals surface area contributed by atoms with Gasteiger partial charge in [-0.2, -0.15) is 0 Å². The highest BCUT2D eigenvalue weighted by molar-refractivity contribution is 5.85. The average Bonchev–Trinajstić information content (AvgIpc) is 2.26. The van der Waals surface area contributed by atoms with E-state index >= 15 is 0 Å². The maximum atomic E-state index is 11.2. The molecule has 0 aliphatic rings. The summed E-state index contributed by atoms with van der Waals surface area (Å²) in [5.74, 6) is 0.625. The van der Waals surface area contributed by atoms with Crippen LogP contribution in [0.3, 0.4) is 0 Å². The molecule has 0 heterocycles. The van der Waals surface area contributed by atoms with Crippen molar-refractivity contribution >= 4 is 18.3 Å². The molecule has 5 heteroatoms. The summed E-state index contributed by atoms with van der Waals surface area (Å²) >= 11 is 0. The number of carbonyl (C=O) groups is 1. The fraction of sp³-hybridized carbons (Fsp3) is 0.364. The smallest absolute Gasteiger partial charge is 0.236 e. The summed E-state index contributed by atoms with van der Waals surface area (Å²) in [6.45, 7) is 2.12. The van der Waals surface area contributed by atoms with Crippen LogP contribution in [0.25, 0.3) is 0 Å². The van der Waals surface area contributed by atoms with Gasteiger partial charge in [0.2, 0.25) is 5.91 Å². The second kappa shape index (κ2) is 7.09. The van der Waals surface area contributed by atoms with Crippen molar-refractivity contribution in [1.82, 2.24) is 5.32 Å². The van der Waals surface area contributed by atoms with E-state index in [9.17, 15) is 4.79 Å². The molecule has 1 rings (SSSR count). The van der Waals surface area contributed by atoms with Crippen molar-refractivity contribution in [2.24, 2.45) is 5.73 Å². The minimum Gasteiger partial charge on any atom is -0.497 e. The first-order valence-corrected chi connectivity index (χ1v) is 4.79. The number of rotatable bonds is 4. The van der Waals surface area contributed by atoms with Crippen LogP contribution in [0.2, 0.25) is 0 Å². The number of carbonyl (C=O) groups excluding carboxylic acids is 1. The lowest BCUT2D eigenvalue weighted by atomic mass is 10.2. The SMILES string of the molecule is COc1cccc(CNC(=O)[C@@H](C)N)c1.Cl. The number of benzene rings is 1. The average molecular weight is 245 g/mol. The lowest BCUT2D eigenvalue weighted by Crippen LogP contribution is -2.37. The second-order valence-corrected chi connectivity index (χ2v) is 3.36. The van der Waals surface area contributed by atoms with Crippen LogP contribution in [0, 0.1) is 0 Å². The van der Waals surface area contributed by atoms with E-state index in [0.717, 1.165) is 11.3 Å². The van der Waals surface area contributed by atoms with Crippen molar-refractivity contribution in [3.8, 4) is 5.75 Å². The van der Waals surface area contributed by atoms with E-state index < -0.39 is 6.04 Å². The summed E-state index contributed by atoms with van der Waals surface area (Å²) in [6.07, 6.45) is 0. The third-order valence-corrected chi connectivity index (χ3v) is 2.01. The molecule has 3 N–H and O–H groups in total. The van der Waals surface area contributed by atoms with E-state index in [1.165, 1.54) is 0 Å². The molecule has 0 fully saturated rings. The third kappa shape index (κ3) is 4.51. The molecule has 1 aromatic rings. The molecule has 0 saturated heterocycles. The number of amides is 1. The van der Waals surface area contributed by atoms with Crippen LogP contribution in [-0.4, -0.2) is 19.1 Å². The Kier molecular flexibility index (Phi) is 6.53.